The molecule has 0 atom stereocenters. The topological polar surface area (TPSA) is 61.8 Å². The minimum Gasteiger partial charge on any atom is -0.434 e. The van der Waals surface area contributed by atoms with Crippen LogP contribution in [-0.2, 0) is 9.53 Å². The molecule has 2 aromatic rings. The summed E-state index contributed by atoms with van der Waals surface area (Å²) in [4.78, 5) is 24.3. The van der Waals surface area contributed by atoms with Crippen molar-refractivity contribution in [3.63, 3.8) is 0 Å². The Balaban J connectivity index is 2.63. The summed E-state index contributed by atoms with van der Waals surface area (Å²) < 4.78 is 16.2. The highest BCUT2D eigenvalue weighted by molar-refractivity contribution is 5.86. The molecule has 0 aliphatic rings. The minimum atomic E-state index is -0.760. The van der Waals surface area contributed by atoms with Gasteiger partial charge < -0.3 is 14.2 Å². The first kappa shape index (κ1) is 22.5. The number of rotatable bonds is 7. The van der Waals surface area contributed by atoms with Gasteiger partial charge in [0.15, 0.2) is 0 Å². The van der Waals surface area contributed by atoms with Crippen LogP contribution in [0.2, 0.25) is 0 Å². The summed E-state index contributed by atoms with van der Waals surface area (Å²) >= 11 is 0. The van der Waals surface area contributed by atoms with Crippen molar-refractivity contribution >= 4 is 12.1 Å². The summed E-state index contributed by atoms with van der Waals surface area (Å²) in [6, 6.07) is 7.38. The summed E-state index contributed by atoms with van der Waals surface area (Å²) in [5.74, 6) is 0.581. The van der Waals surface area contributed by atoms with Crippen LogP contribution >= 0.6 is 0 Å². The predicted octanol–water partition coefficient (Wildman–Crippen LogP) is 6.22. The normalized spacial score (nSPS) is 10.6. The van der Waals surface area contributed by atoms with Gasteiger partial charge in [-0.2, -0.15) is 0 Å². The number of hydrogen-bond acceptors (Lipinski definition) is 5. The number of unbranched alkanes of at least 4 members (excludes halogenated alkanes) is 1. The monoisotopic (exact) mass is 398 g/mol. The van der Waals surface area contributed by atoms with Gasteiger partial charge in [-0.25, -0.2) is 4.79 Å². The van der Waals surface area contributed by atoms with Crippen LogP contribution in [0.5, 0.6) is 11.5 Å². The van der Waals surface area contributed by atoms with Crippen LogP contribution in [0.25, 0.3) is 11.1 Å². The SMILES string of the molecule is CCCCC(=O)Oc1ccc(C)c(C)c1-c1c(OC(=O)OCC)ccc(C)c1C. The zero-order valence-corrected chi connectivity index (χ0v) is 18.2. The van der Waals surface area contributed by atoms with Crippen LogP contribution in [0.15, 0.2) is 24.3 Å². The molecule has 0 bridgehead atoms. The molecule has 0 aliphatic heterocycles. The van der Waals surface area contributed by atoms with Crippen molar-refractivity contribution < 1.29 is 23.8 Å². The molecule has 29 heavy (non-hydrogen) atoms. The van der Waals surface area contributed by atoms with E-state index in [9.17, 15) is 9.59 Å². The van der Waals surface area contributed by atoms with Crippen LogP contribution in [0.1, 0.15) is 55.4 Å². The Labute approximate surface area is 173 Å². The molecule has 0 amide bonds. The fourth-order valence-electron chi connectivity index (χ4n) is 3.11. The molecule has 2 aromatic carbocycles. The molecule has 0 radical (unpaired) electrons. The maximum atomic E-state index is 12.3. The Morgan fingerprint density at radius 1 is 0.793 bits per heavy atom. The largest absolute Gasteiger partial charge is 0.513 e. The number of esters is 1. The van der Waals surface area contributed by atoms with E-state index in [0.29, 0.717) is 17.9 Å². The lowest BCUT2D eigenvalue weighted by molar-refractivity contribution is -0.134. The molecule has 2 rings (SSSR count). The number of aryl methyl sites for hydroxylation is 2. The van der Waals surface area contributed by atoms with E-state index in [2.05, 4.69) is 0 Å². The van der Waals surface area contributed by atoms with Crippen molar-refractivity contribution in [1.82, 2.24) is 0 Å². The highest BCUT2D eigenvalue weighted by atomic mass is 16.7. The Kier molecular flexibility index (Phi) is 7.82. The summed E-state index contributed by atoms with van der Waals surface area (Å²) in [7, 11) is 0. The highest BCUT2D eigenvalue weighted by Crippen LogP contribution is 2.43. The van der Waals surface area contributed by atoms with E-state index >= 15 is 0 Å². The fraction of sp³-hybridized carbons (Fsp3) is 0.417. The molecule has 156 valence electrons. The first-order valence-electron chi connectivity index (χ1n) is 10.1. The number of hydrogen-bond donors (Lipinski definition) is 0. The molecule has 5 nitrogen and oxygen atoms in total. The smallest absolute Gasteiger partial charge is 0.434 e. The molecule has 0 aromatic heterocycles. The van der Waals surface area contributed by atoms with Crippen LogP contribution in [0.3, 0.4) is 0 Å². The van der Waals surface area contributed by atoms with Crippen molar-refractivity contribution in [1.29, 1.82) is 0 Å². The van der Waals surface area contributed by atoms with Crippen molar-refractivity contribution in [3.8, 4) is 22.6 Å². The Hall–Kier alpha value is -2.82. The maximum absolute atomic E-state index is 12.3. The second kappa shape index (κ2) is 10.1. The quantitative estimate of drug-likeness (QED) is 0.315. The molecule has 0 saturated heterocycles. The Bertz CT molecular complexity index is 899. The molecule has 0 spiro atoms. The second-order valence-electron chi connectivity index (χ2n) is 7.12. The Morgan fingerprint density at radius 2 is 1.31 bits per heavy atom. The van der Waals surface area contributed by atoms with E-state index in [0.717, 1.165) is 46.2 Å². The molecule has 5 heteroatoms. The maximum Gasteiger partial charge on any atom is 0.513 e. The van der Waals surface area contributed by atoms with Gasteiger partial charge in [0, 0.05) is 17.5 Å². The number of carbonyl (C=O) groups excluding carboxylic acids is 2. The van der Waals surface area contributed by atoms with Gasteiger partial charge in [0.25, 0.3) is 0 Å². The van der Waals surface area contributed by atoms with Gasteiger partial charge in [-0.05, 0) is 75.4 Å². The summed E-state index contributed by atoms with van der Waals surface area (Å²) in [6.45, 7) is 11.9. The van der Waals surface area contributed by atoms with Gasteiger partial charge >= 0.3 is 12.1 Å². The lowest BCUT2D eigenvalue weighted by atomic mass is 9.90. The van der Waals surface area contributed by atoms with Crippen LogP contribution in [0, 0.1) is 27.7 Å². The lowest BCUT2D eigenvalue weighted by Crippen LogP contribution is -2.12. The number of carbonyl (C=O) groups is 2. The minimum absolute atomic E-state index is 0.225. The van der Waals surface area contributed by atoms with E-state index in [-0.39, 0.29) is 12.6 Å². The third kappa shape index (κ3) is 5.37. The Morgan fingerprint density at radius 3 is 1.79 bits per heavy atom. The van der Waals surface area contributed by atoms with E-state index in [1.165, 1.54) is 0 Å². The van der Waals surface area contributed by atoms with Crippen LogP contribution in [-0.4, -0.2) is 18.7 Å². The molecule has 0 unspecified atom stereocenters. The first-order valence-corrected chi connectivity index (χ1v) is 10.1. The van der Waals surface area contributed by atoms with Crippen LogP contribution in [0.4, 0.5) is 4.79 Å². The zero-order valence-electron chi connectivity index (χ0n) is 18.2. The van der Waals surface area contributed by atoms with Gasteiger partial charge in [0.05, 0.1) is 6.61 Å². The molecule has 0 aliphatic carbocycles. The molecule has 0 N–H and O–H groups in total. The summed E-state index contributed by atoms with van der Waals surface area (Å²) in [6.07, 6.45) is 1.30. The third-order valence-corrected chi connectivity index (χ3v) is 5.06. The fourth-order valence-corrected chi connectivity index (χ4v) is 3.11. The molecular formula is C24H30O5. The number of ether oxygens (including phenoxy) is 3. The molecular weight excluding hydrogens is 368 g/mol. The zero-order chi connectivity index (χ0) is 21.6. The van der Waals surface area contributed by atoms with E-state index in [1.54, 1.807) is 19.1 Å². The standard InChI is InChI=1S/C24H30O5/c1-7-9-10-21(25)28-19-13-11-15(3)17(5)22(19)23-18(6)16(4)12-14-20(23)29-24(26)27-8-2/h11-14H,7-10H2,1-6H3. The van der Waals surface area contributed by atoms with Gasteiger partial charge in [-0.15, -0.1) is 0 Å². The van der Waals surface area contributed by atoms with E-state index in [4.69, 9.17) is 14.2 Å². The van der Waals surface area contributed by atoms with Crippen molar-refractivity contribution in [3.05, 3.63) is 46.5 Å². The van der Waals surface area contributed by atoms with E-state index in [1.807, 2.05) is 46.8 Å². The average molecular weight is 398 g/mol. The van der Waals surface area contributed by atoms with Crippen molar-refractivity contribution in [2.75, 3.05) is 6.61 Å². The molecule has 0 saturated carbocycles. The third-order valence-electron chi connectivity index (χ3n) is 5.06. The lowest BCUT2D eigenvalue weighted by Gasteiger charge is -2.20. The molecule has 0 fully saturated rings. The first-order chi connectivity index (χ1) is 13.8. The summed E-state index contributed by atoms with van der Waals surface area (Å²) in [5, 5.41) is 0. The average Bonchev–Trinajstić information content (AvgIpc) is 2.68. The van der Waals surface area contributed by atoms with Gasteiger partial charge in [0.1, 0.15) is 11.5 Å². The van der Waals surface area contributed by atoms with Crippen LogP contribution < -0.4 is 9.47 Å². The number of benzene rings is 2. The van der Waals surface area contributed by atoms with Gasteiger partial charge in [-0.1, -0.05) is 25.5 Å². The predicted molar refractivity (Wildman–Crippen MR) is 114 cm³/mol. The van der Waals surface area contributed by atoms with Gasteiger partial charge in [-0.3, -0.25) is 4.79 Å². The van der Waals surface area contributed by atoms with Gasteiger partial charge in [0.2, 0.25) is 0 Å². The second-order valence-corrected chi connectivity index (χ2v) is 7.12. The summed E-state index contributed by atoms with van der Waals surface area (Å²) in [5.41, 5.74) is 5.50. The van der Waals surface area contributed by atoms with Crippen molar-refractivity contribution in [2.45, 2.75) is 60.8 Å². The van der Waals surface area contributed by atoms with E-state index < -0.39 is 6.16 Å². The highest BCUT2D eigenvalue weighted by Gasteiger charge is 2.22. The molecule has 0 heterocycles. The van der Waals surface area contributed by atoms with Crippen molar-refractivity contribution in [2.24, 2.45) is 0 Å².